The molecular weight excluding hydrogens is 170 g/mol. The summed E-state index contributed by atoms with van der Waals surface area (Å²) in [6.07, 6.45) is -0.538. The normalized spacial score (nSPS) is 13.6. The van der Waals surface area contributed by atoms with Crippen molar-refractivity contribution >= 4 is 5.97 Å². The maximum absolute atomic E-state index is 11.1. The molecule has 13 heavy (non-hydrogen) atoms. The van der Waals surface area contributed by atoms with Crippen LogP contribution in [0.5, 0.6) is 0 Å². The first-order chi connectivity index (χ1) is 5.79. The molecule has 4 heteroatoms. The first-order valence-corrected chi connectivity index (χ1v) is 4.07. The molecule has 1 N–H and O–H groups in total. The number of nitrogens with zero attached hydrogens (tertiary/aromatic N) is 1. The molecule has 76 valence electrons. The van der Waals surface area contributed by atoms with Gasteiger partial charge in [-0.25, -0.2) is 4.79 Å². The zero-order chi connectivity index (χ0) is 10.6. The van der Waals surface area contributed by atoms with E-state index in [0.717, 1.165) is 0 Å². The molecule has 0 aliphatic rings. The van der Waals surface area contributed by atoms with Gasteiger partial charge in [0.25, 0.3) is 6.23 Å². The third-order valence-corrected chi connectivity index (χ3v) is 1.61. The van der Waals surface area contributed by atoms with Crippen LogP contribution in [0.2, 0.25) is 0 Å². The first kappa shape index (κ1) is 12.1. The fraction of sp³-hybridized carbons (Fsp3) is 0.667. The highest BCUT2D eigenvalue weighted by atomic mass is 16.6. The summed E-state index contributed by atoms with van der Waals surface area (Å²) in [7, 11) is 5.52. The molecule has 0 aromatic rings. The van der Waals surface area contributed by atoms with Crippen molar-refractivity contribution in [2.75, 3.05) is 27.7 Å². The highest BCUT2D eigenvalue weighted by Gasteiger charge is 2.26. The Morgan fingerprint density at radius 1 is 1.54 bits per heavy atom. The molecule has 1 unspecified atom stereocenters. The number of carbonyl (C=O) groups is 1. The van der Waals surface area contributed by atoms with E-state index in [-0.39, 0.29) is 6.61 Å². The van der Waals surface area contributed by atoms with Crippen molar-refractivity contribution in [2.45, 2.75) is 13.2 Å². The maximum atomic E-state index is 11.1. The second-order valence-electron chi connectivity index (χ2n) is 3.94. The molecular formula is C9H18NO3+. The average molecular weight is 188 g/mol. The molecule has 0 rings (SSSR count). The van der Waals surface area contributed by atoms with Crippen molar-refractivity contribution in [3.05, 3.63) is 12.2 Å². The van der Waals surface area contributed by atoms with Crippen LogP contribution in [0, 0.1) is 0 Å². The summed E-state index contributed by atoms with van der Waals surface area (Å²) in [4.78, 5) is 11.1. The number of rotatable bonds is 4. The number of likely N-dealkylation sites (N-methyl/N-ethyl adjacent to an activating group) is 1. The van der Waals surface area contributed by atoms with Gasteiger partial charge in [0.2, 0.25) is 0 Å². The van der Waals surface area contributed by atoms with E-state index in [2.05, 4.69) is 6.58 Å². The molecule has 0 radical (unpaired) electrons. The van der Waals surface area contributed by atoms with E-state index < -0.39 is 12.2 Å². The van der Waals surface area contributed by atoms with E-state index in [1.165, 1.54) is 0 Å². The lowest BCUT2D eigenvalue weighted by atomic mass is 10.3. The Labute approximate surface area is 79.0 Å². The third kappa shape index (κ3) is 4.05. The lowest BCUT2D eigenvalue weighted by Crippen LogP contribution is -2.49. The Hall–Kier alpha value is -0.870. The van der Waals surface area contributed by atoms with Gasteiger partial charge in [0.05, 0.1) is 21.1 Å². The van der Waals surface area contributed by atoms with E-state index in [9.17, 15) is 4.79 Å². The van der Waals surface area contributed by atoms with Crippen molar-refractivity contribution in [3.63, 3.8) is 0 Å². The van der Waals surface area contributed by atoms with Crippen LogP contribution in [0.15, 0.2) is 12.2 Å². The number of ether oxygens (including phenoxy) is 1. The predicted octanol–water partition coefficient (Wildman–Crippen LogP) is 0.130. The summed E-state index contributed by atoms with van der Waals surface area (Å²) in [6, 6.07) is 0. The fourth-order valence-electron chi connectivity index (χ4n) is 0.664. The summed E-state index contributed by atoms with van der Waals surface area (Å²) in [5, 5.41) is 8.97. The van der Waals surface area contributed by atoms with Gasteiger partial charge in [-0.1, -0.05) is 6.58 Å². The number of aliphatic hydroxyl groups is 1. The highest BCUT2D eigenvalue weighted by molar-refractivity contribution is 5.86. The Kier molecular flexibility index (Phi) is 4.10. The van der Waals surface area contributed by atoms with Gasteiger partial charge in [-0.3, -0.25) is 4.48 Å². The zero-order valence-corrected chi connectivity index (χ0v) is 8.70. The van der Waals surface area contributed by atoms with Crippen molar-refractivity contribution in [1.82, 2.24) is 0 Å². The van der Waals surface area contributed by atoms with E-state index >= 15 is 0 Å². The Morgan fingerprint density at radius 2 is 2.00 bits per heavy atom. The topological polar surface area (TPSA) is 46.5 Å². The van der Waals surface area contributed by atoms with Crippen LogP contribution in [-0.4, -0.2) is 49.5 Å². The lowest BCUT2D eigenvalue weighted by molar-refractivity contribution is -0.917. The zero-order valence-electron chi connectivity index (χ0n) is 8.70. The van der Waals surface area contributed by atoms with Crippen LogP contribution >= 0.6 is 0 Å². The van der Waals surface area contributed by atoms with Gasteiger partial charge in [-0.2, -0.15) is 0 Å². The van der Waals surface area contributed by atoms with Crippen LogP contribution < -0.4 is 0 Å². The van der Waals surface area contributed by atoms with Gasteiger partial charge >= 0.3 is 5.97 Å². The minimum atomic E-state index is -0.538. The van der Waals surface area contributed by atoms with Crippen LogP contribution in [0.25, 0.3) is 0 Å². The number of quaternary nitrogens is 1. The quantitative estimate of drug-likeness (QED) is 0.295. The van der Waals surface area contributed by atoms with Crippen molar-refractivity contribution < 1.29 is 19.1 Å². The molecule has 0 spiro atoms. The van der Waals surface area contributed by atoms with Gasteiger partial charge < -0.3 is 9.84 Å². The lowest BCUT2D eigenvalue weighted by Gasteiger charge is -2.31. The van der Waals surface area contributed by atoms with Gasteiger partial charge in [0.1, 0.15) is 6.61 Å². The second-order valence-corrected chi connectivity index (χ2v) is 3.94. The molecule has 0 heterocycles. The molecule has 0 amide bonds. The molecule has 0 fully saturated rings. The van der Waals surface area contributed by atoms with E-state index in [0.29, 0.717) is 10.1 Å². The van der Waals surface area contributed by atoms with Crippen molar-refractivity contribution in [1.29, 1.82) is 0 Å². The van der Waals surface area contributed by atoms with Crippen LogP contribution in [0.1, 0.15) is 6.92 Å². The first-order valence-electron chi connectivity index (χ1n) is 4.07. The van der Waals surface area contributed by atoms with Gasteiger partial charge in [0, 0.05) is 5.57 Å². The number of aliphatic hydroxyl groups excluding tert-OH is 1. The average Bonchev–Trinajstić information content (AvgIpc) is 1.96. The van der Waals surface area contributed by atoms with Gasteiger partial charge in [-0.15, -0.1) is 0 Å². The molecule has 4 nitrogen and oxygen atoms in total. The maximum Gasteiger partial charge on any atom is 0.337 e. The number of hydrogen-bond acceptors (Lipinski definition) is 3. The summed E-state index contributed by atoms with van der Waals surface area (Å²) in [6.45, 7) is 4.85. The second kappa shape index (κ2) is 4.39. The minimum Gasteiger partial charge on any atom is -0.406 e. The minimum absolute atomic E-state index is 0.192. The van der Waals surface area contributed by atoms with Gasteiger partial charge in [0.15, 0.2) is 0 Å². The standard InChI is InChI=1S/C9H18NO3/c1-7(2)9(12)13-8(6-11)10(3,4)5/h8,11H,1,6H2,2-5H3/q+1. The number of esters is 1. The Morgan fingerprint density at radius 3 is 2.23 bits per heavy atom. The molecule has 1 atom stereocenters. The molecule has 0 aromatic heterocycles. The predicted molar refractivity (Wildman–Crippen MR) is 49.8 cm³/mol. The van der Waals surface area contributed by atoms with E-state index in [1.807, 2.05) is 21.1 Å². The third-order valence-electron chi connectivity index (χ3n) is 1.61. The smallest absolute Gasteiger partial charge is 0.337 e. The molecule has 0 saturated heterocycles. The van der Waals surface area contributed by atoms with Gasteiger partial charge in [-0.05, 0) is 6.92 Å². The van der Waals surface area contributed by atoms with E-state index in [4.69, 9.17) is 9.84 Å². The largest absolute Gasteiger partial charge is 0.406 e. The summed E-state index contributed by atoms with van der Waals surface area (Å²) in [5.74, 6) is -0.466. The fourth-order valence-corrected chi connectivity index (χ4v) is 0.664. The summed E-state index contributed by atoms with van der Waals surface area (Å²) in [5.41, 5.74) is 0.340. The SMILES string of the molecule is C=C(C)C(=O)OC(CO)[N+](C)(C)C. The number of carbonyl (C=O) groups excluding carboxylic acids is 1. The Bertz CT molecular complexity index is 205. The monoisotopic (exact) mass is 188 g/mol. The summed E-state index contributed by atoms with van der Waals surface area (Å²) >= 11 is 0. The van der Waals surface area contributed by atoms with Crippen molar-refractivity contribution in [3.8, 4) is 0 Å². The molecule has 0 aliphatic heterocycles. The molecule has 0 bridgehead atoms. The van der Waals surface area contributed by atoms with Crippen LogP contribution in [-0.2, 0) is 9.53 Å². The van der Waals surface area contributed by atoms with Crippen LogP contribution in [0.3, 0.4) is 0 Å². The Balaban J connectivity index is 4.31. The van der Waals surface area contributed by atoms with Crippen molar-refractivity contribution in [2.24, 2.45) is 0 Å². The highest BCUT2D eigenvalue weighted by Crippen LogP contribution is 2.06. The number of hydrogen-bond donors (Lipinski definition) is 1. The van der Waals surface area contributed by atoms with E-state index in [1.54, 1.807) is 6.92 Å². The molecule has 0 aromatic carbocycles. The molecule has 0 saturated carbocycles. The molecule has 0 aliphatic carbocycles. The summed E-state index contributed by atoms with van der Waals surface area (Å²) < 4.78 is 5.38. The van der Waals surface area contributed by atoms with Crippen LogP contribution in [0.4, 0.5) is 0 Å².